The third kappa shape index (κ3) is 2.95. The molecular weight excluding hydrogens is 228 g/mol. The first-order valence-corrected chi connectivity index (χ1v) is 6.44. The van der Waals surface area contributed by atoms with Crippen LogP contribution >= 0.6 is 11.8 Å². The molecule has 1 aliphatic rings. The first-order chi connectivity index (χ1) is 7.70. The first-order valence-electron chi connectivity index (χ1n) is 5.46. The summed E-state index contributed by atoms with van der Waals surface area (Å²) in [6.45, 7) is 0. The lowest BCUT2D eigenvalue weighted by Crippen LogP contribution is -2.29. The number of hydrogen-bond acceptors (Lipinski definition) is 2. The van der Waals surface area contributed by atoms with Crippen LogP contribution in [0.3, 0.4) is 0 Å². The van der Waals surface area contributed by atoms with Gasteiger partial charge in [-0.1, -0.05) is 0 Å². The van der Waals surface area contributed by atoms with Crippen molar-refractivity contribution in [3.8, 4) is 0 Å². The van der Waals surface area contributed by atoms with Gasteiger partial charge >= 0.3 is 0 Å². The molecule has 1 atom stereocenters. The molecule has 0 heterocycles. The zero-order valence-corrected chi connectivity index (χ0v) is 9.99. The van der Waals surface area contributed by atoms with Crippen LogP contribution in [0.4, 0.5) is 8.78 Å². The molecule has 1 aromatic rings. The zero-order chi connectivity index (χ0) is 11.5. The van der Waals surface area contributed by atoms with Gasteiger partial charge in [-0.05, 0) is 37.9 Å². The zero-order valence-electron chi connectivity index (χ0n) is 9.17. The van der Waals surface area contributed by atoms with Gasteiger partial charge in [0.1, 0.15) is 11.6 Å². The van der Waals surface area contributed by atoms with Gasteiger partial charge < -0.3 is 5.32 Å². The summed E-state index contributed by atoms with van der Waals surface area (Å²) in [5.74, 6) is 0.592. The number of rotatable bonds is 5. The standard InChI is InChI=1S/C12H15F2NS/c1-15-11(8-2-3-8)7-16-12-5-4-9(13)6-10(12)14/h4-6,8,11,15H,2-3,7H2,1H3. The van der Waals surface area contributed by atoms with Crippen LogP contribution in [-0.4, -0.2) is 18.8 Å². The van der Waals surface area contributed by atoms with E-state index in [1.165, 1.54) is 36.7 Å². The molecule has 0 spiro atoms. The monoisotopic (exact) mass is 243 g/mol. The fourth-order valence-corrected chi connectivity index (χ4v) is 2.88. The predicted molar refractivity (Wildman–Crippen MR) is 62.7 cm³/mol. The Morgan fingerprint density at radius 1 is 1.44 bits per heavy atom. The van der Waals surface area contributed by atoms with E-state index < -0.39 is 11.6 Å². The lowest BCUT2D eigenvalue weighted by molar-refractivity contribution is 0.550. The average Bonchev–Trinajstić information content (AvgIpc) is 3.06. The summed E-state index contributed by atoms with van der Waals surface area (Å²) < 4.78 is 26.0. The molecule has 0 aromatic heterocycles. The molecule has 1 aliphatic carbocycles. The van der Waals surface area contributed by atoms with Crippen LogP contribution in [0.5, 0.6) is 0 Å². The van der Waals surface area contributed by atoms with E-state index in [0.29, 0.717) is 10.9 Å². The summed E-state index contributed by atoms with van der Waals surface area (Å²) in [5.41, 5.74) is 0. The molecule has 16 heavy (non-hydrogen) atoms. The van der Waals surface area contributed by atoms with Gasteiger partial charge in [-0.25, -0.2) is 8.78 Å². The van der Waals surface area contributed by atoms with Gasteiger partial charge in [-0.2, -0.15) is 0 Å². The number of thioether (sulfide) groups is 1. The molecule has 1 aromatic carbocycles. The largest absolute Gasteiger partial charge is 0.316 e. The minimum absolute atomic E-state index is 0.439. The maximum Gasteiger partial charge on any atom is 0.139 e. The summed E-state index contributed by atoms with van der Waals surface area (Å²) in [5, 5.41) is 3.25. The van der Waals surface area contributed by atoms with E-state index in [-0.39, 0.29) is 0 Å². The van der Waals surface area contributed by atoms with Gasteiger partial charge in [0, 0.05) is 22.8 Å². The molecule has 88 valence electrons. The molecule has 1 unspecified atom stereocenters. The third-order valence-corrected chi connectivity index (χ3v) is 4.04. The van der Waals surface area contributed by atoms with Crippen LogP contribution in [-0.2, 0) is 0 Å². The molecule has 4 heteroatoms. The highest BCUT2D eigenvalue weighted by atomic mass is 32.2. The average molecular weight is 243 g/mol. The number of halogens is 2. The fraction of sp³-hybridized carbons (Fsp3) is 0.500. The Balaban J connectivity index is 1.92. The van der Waals surface area contributed by atoms with Crippen LogP contribution in [0.25, 0.3) is 0 Å². The highest BCUT2D eigenvalue weighted by Gasteiger charge is 2.30. The minimum atomic E-state index is -0.519. The maximum atomic E-state index is 13.3. The molecule has 1 fully saturated rings. The Hall–Kier alpha value is -0.610. The van der Waals surface area contributed by atoms with E-state index in [0.717, 1.165) is 17.7 Å². The molecule has 0 radical (unpaired) electrons. The minimum Gasteiger partial charge on any atom is -0.316 e. The van der Waals surface area contributed by atoms with Crippen LogP contribution in [0, 0.1) is 17.6 Å². The smallest absolute Gasteiger partial charge is 0.139 e. The van der Waals surface area contributed by atoms with Crippen molar-refractivity contribution < 1.29 is 8.78 Å². The molecule has 1 N–H and O–H groups in total. The summed E-state index contributed by atoms with van der Waals surface area (Å²) in [6, 6.07) is 4.19. The fourth-order valence-electron chi connectivity index (χ4n) is 1.73. The van der Waals surface area contributed by atoms with Gasteiger partial charge in [0.25, 0.3) is 0 Å². The number of nitrogens with one attached hydrogen (secondary N) is 1. The van der Waals surface area contributed by atoms with E-state index in [1.54, 1.807) is 0 Å². The van der Waals surface area contributed by atoms with Crippen molar-refractivity contribution in [3.05, 3.63) is 29.8 Å². The van der Waals surface area contributed by atoms with Gasteiger partial charge in [0.05, 0.1) is 0 Å². The lowest BCUT2D eigenvalue weighted by Gasteiger charge is -2.14. The summed E-state index contributed by atoms with van der Waals surface area (Å²) >= 11 is 1.45. The quantitative estimate of drug-likeness (QED) is 0.798. The van der Waals surface area contributed by atoms with Crippen molar-refractivity contribution in [1.82, 2.24) is 5.32 Å². The lowest BCUT2D eigenvalue weighted by atomic mass is 10.2. The highest BCUT2D eigenvalue weighted by Crippen LogP contribution is 2.35. The number of hydrogen-bond donors (Lipinski definition) is 1. The van der Waals surface area contributed by atoms with Crippen LogP contribution in [0.2, 0.25) is 0 Å². The van der Waals surface area contributed by atoms with E-state index in [4.69, 9.17) is 0 Å². The van der Waals surface area contributed by atoms with Crippen molar-refractivity contribution in [3.63, 3.8) is 0 Å². The van der Waals surface area contributed by atoms with Crippen LogP contribution in [0.1, 0.15) is 12.8 Å². The summed E-state index contributed by atoms with van der Waals surface area (Å²) in [7, 11) is 1.94. The molecule has 1 saturated carbocycles. The van der Waals surface area contributed by atoms with Gasteiger partial charge in [-0.3, -0.25) is 0 Å². The number of benzene rings is 1. The molecule has 0 aliphatic heterocycles. The molecule has 2 rings (SSSR count). The van der Waals surface area contributed by atoms with E-state index in [1.807, 2.05) is 7.05 Å². The van der Waals surface area contributed by atoms with Gasteiger partial charge in [0.15, 0.2) is 0 Å². The highest BCUT2D eigenvalue weighted by molar-refractivity contribution is 7.99. The van der Waals surface area contributed by atoms with Crippen LogP contribution in [0.15, 0.2) is 23.1 Å². The van der Waals surface area contributed by atoms with Crippen molar-refractivity contribution in [2.75, 3.05) is 12.8 Å². The Morgan fingerprint density at radius 2 is 2.19 bits per heavy atom. The SMILES string of the molecule is CNC(CSc1ccc(F)cc1F)C1CC1. The van der Waals surface area contributed by atoms with Crippen molar-refractivity contribution in [1.29, 1.82) is 0 Å². The van der Waals surface area contributed by atoms with Gasteiger partial charge in [-0.15, -0.1) is 11.8 Å². The van der Waals surface area contributed by atoms with Crippen LogP contribution < -0.4 is 5.32 Å². The van der Waals surface area contributed by atoms with E-state index >= 15 is 0 Å². The second kappa shape index (κ2) is 5.15. The second-order valence-electron chi connectivity index (χ2n) is 4.12. The molecule has 0 bridgehead atoms. The summed E-state index contributed by atoms with van der Waals surface area (Å²) in [6.07, 6.45) is 2.52. The maximum absolute atomic E-state index is 13.3. The normalized spacial score (nSPS) is 17.4. The van der Waals surface area contributed by atoms with Gasteiger partial charge in [0.2, 0.25) is 0 Å². The molecule has 1 nitrogen and oxygen atoms in total. The Labute approximate surface area is 98.6 Å². The topological polar surface area (TPSA) is 12.0 Å². The predicted octanol–water partition coefficient (Wildman–Crippen LogP) is 3.05. The Bertz CT molecular complexity index is 366. The molecule has 0 amide bonds. The van der Waals surface area contributed by atoms with E-state index in [2.05, 4.69) is 5.32 Å². The Morgan fingerprint density at radius 3 is 2.75 bits per heavy atom. The molecule has 0 saturated heterocycles. The first kappa shape index (κ1) is 11.9. The Kier molecular flexibility index (Phi) is 3.82. The van der Waals surface area contributed by atoms with Crippen molar-refractivity contribution in [2.45, 2.75) is 23.8 Å². The second-order valence-corrected chi connectivity index (χ2v) is 5.18. The van der Waals surface area contributed by atoms with Crippen molar-refractivity contribution in [2.24, 2.45) is 5.92 Å². The third-order valence-electron chi connectivity index (χ3n) is 2.87. The van der Waals surface area contributed by atoms with E-state index in [9.17, 15) is 8.78 Å². The molecular formula is C12H15F2NS. The summed E-state index contributed by atoms with van der Waals surface area (Å²) in [4.78, 5) is 0.530. The van der Waals surface area contributed by atoms with Crippen molar-refractivity contribution >= 4 is 11.8 Å².